The molecule has 7 heteroatoms. The van der Waals surface area contributed by atoms with Crippen LogP contribution in [-0.2, 0) is 22.5 Å². The SMILES string of the molecule is NC(=O)Cc1[nH]c2cc(CN3CCOCC3)ccc2c1C(N)=O. The number of nitrogens with zero attached hydrogens (tertiary/aromatic N) is 1. The number of carbonyl (C=O) groups excluding carboxylic acids is 2. The minimum absolute atomic E-state index is 0.0360. The van der Waals surface area contributed by atoms with Crippen LogP contribution in [0.3, 0.4) is 0 Å². The molecule has 7 nitrogen and oxygen atoms in total. The number of primary amides is 2. The number of carbonyl (C=O) groups is 2. The predicted molar refractivity (Wildman–Crippen MR) is 85.8 cm³/mol. The van der Waals surface area contributed by atoms with Crippen molar-refractivity contribution in [1.82, 2.24) is 9.88 Å². The van der Waals surface area contributed by atoms with Crippen LogP contribution < -0.4 is 11.5 Å². The van der Waals surface area contributed by atoms with Crippen LogP contribution in [0.15, 0.2) is 18.2 Å². The number of aromatic nitrogens is 1. The summed E-state index contributed by atoms with van der Waals surface area (Å²) >= 11 is 0. The number of nitrogens with one attached hydrogen (secondary N) is 1. The van der Waals surface area contributed by atoms with E-state index in [1.165, 1.54) is 0 Å². The van der Waals surface area contributed by atoms with Crippen LogP contribution in [0.1, 0.15) is 21.6 Å². The maximum absolute atomic E-state index is 11.7. The zero-order valence-corrected chi connectivity index (χ0v) is 12.8. The Morgan fingerprint density at radius 2 is 1.96 bits per heavy atom. The summed E-state index contributed by atoms with van der Waals surface area (Å²) in [6.45, 7) is 4.12. The summed E-state index contributed by atoms with van der Waals surface area (Å²) in [5.41, 5.74) is 13.4. The molecule has 23 heavy (non-hydrogen) atoms. The van der Waals surface area contributed by atoms with Crippen molar-refractivity contribution in [2.45, 2.75) is 13.0 Å². The number of nitrogens with two attached hydrogens (primary N) is 2. The highest BCUT2D eigenvalue weighted by Crippen LogP contribution is 2.24. The van der Waals surface area contributed by atoms with Gasteiger partial charge in [-0.3, -0.25) is 14.5 Å². The normalized spacial score (nSPS) is 15.8. The number of morpholine rings is 1. The summed E-state index contributed by atoms with van der Waals surface area (Å²) in [6.07, 6.45) is -0.0360. The third-order valence-electron chi connectivity index (χ3n) is 4.05. The number of H-pyrrole nitrogens is 1. The van der Waals surface area contributed by atoms with E-state index in [0.29, 0.717) is 11.3 Å². The van der Waals surface area contributed by atoms with Gasteiger partial charge in [0, 0.05) is 36.2 Å². The fraction of sp³-hybridized carbons (Fsp3) is 0.375. The summed E-state index contributed by atoms with van der Waals surface area (Å²) in [6, 6.07) is 5.83. The van der Waals surface area contributed by atoms with Gasteiger partial charge in [-0.05, 0) is 11.6 Å². The highest BCUT2D eigenvalue weighted by atomic mass is 16.5. The van der Waals surface area contributed by atoms with E-state index in [4.69, 9.17) is 16.2 Å². The zero-order valence-electron chi connectivity index (χ0n) is 12.8. The molecule has 0 spiro atoms. The first-order valence-electron chi connectivity index (χ1n) is 7.56. The van der Waals surface area contributed by atoms with Gasteiger partial charge < -0.3 is 21.2 Å². The monoisotopic (exact) mass is 316 g/mol. The fourth-order valence-corrected chi connectivity index (χ4v) is 3.00. The van der Waals surface area contributed by atoms with Gasteiger partial charge >= 0.3 is 0 Å². The van der Waals surface area contributed by atoms with Crippen LogP contribution in [0.2, 0.25) is 0 Å². The van der Waals surface area contributed by atoms with Crippen LogP contribution in [0.4, 0.5) is 0 Å². The van der Waals surface area contributed by atoms with Gasteiger partial charge in [0.2, 0.25) is 5.91 Å². The molecule has 2 amide bonds. The number of fused-ring (bicyclic) bond motifs is 1. The smallest absolute Gasteiger partial charge is 0.251 e. The second-order valence-electron chi connectivity index (χ2n) is 5.75. The zero-order chi connectivity index (χ0) is 16.4. The lowest BCUT2D eigenvalue weighted by atomic mass is 10.1. The number of amides is 2. The Hall–Kier alpha value is -2.38. The van der Waals surface area contributed by atoms with E-state index in [9.17, 15) is 9.59 Å². The Morgan fingerprint density at radius 1 is 1.22 bits per heavy atom. The number of hydrogen-bond donors (Lipinski definition) is 3. The molecule has 0 atom stereocenters. The Morgan fingerprint density at radius 3 is 2.61 bits per heavy atom. The molecule has 1 aromatic heterocycles. The van der Waals surface area contributed by atoms with Gasteiger partial charge in [-0.2, -0.15) is 0 Å². The van der Waals surface area contributed by atoms with Gasteiger partial charge in [-0.1, -0.05) is 12.1 Å². The van der Waals surface area contributed by atoms with E-state index in [-0.39, 0.29) is 6.42 Å². The summed E-state index contributed by atoms with van der Waals surface area (Å²) in [5.74, 6) is -1.07. The van der Waals surface area contributed by atoms with Crippen LogP contribution in [0, 0.1) is 0 Å². The standard InChI is InChI=1S/C16H20N4O3/c17-14(21)8-13-15(16(18)22)11-2-1-10(7-12(11)19-13)9-20-3-5-23-6-4-20/h1-2,7,19H,3-6,8-9H2,(H2,17,21)(H2,18,22). The molecule has 0 radical (unpaired) electrons. The first-order valence-corrected chi connectivity index (χ1v) is 7.56. The van der Waals surface area contributed by atoms with Gasteiger partial charge in [0.05, 0.1) is 25.2 Å². The molecule has 1 aromatic carbocycles. The largest absolute Gasteiger partial charge is 0.379 e. The topological polar surface area (TPSA) is 114 Å². The molecule has 0 aliphatic carbocycles. The molecule has 0 bridgehead atoms. The Kier molecular flexibility index (Phi) is 4.31. The maximum Gasteiger partial charge on any atom is 0.251 e. The second kappa shape index (κ2) is 6.39. The second-order valence-corrected chi connectivity index (χ2v) is 5.75. The molecule has 5 N–H and O–H groups in total. The van der Waals surface area contributed by atoms with E-state index in [0.717, 1.165) is 49.3 Å². The van der Waals surface area contributed by atoms with Gasteiger partial charge in [-0.15, -0.1) is 0 Å². The summed E-state index contributed by atoms with van der Waals surface area (Å²) in [5, 5.41) is 0.722. The molecular weight excluding hydrogens is 296 g/mol. The first kappa shape index (κ1) is 15.5. The summed E-state index contributed by atoms with van der Waals surface area (Å²) < 4.78 is 5.35. The lowest BCUT2D eigenvalue weighted by Gasteiger charge is -2.26. The quantitative estimate of drug-likeness (QED) is 0.727. The van der Waals surface area contributed by atoms with Crippen LogP contribution >= 0.6 is 0 Å². The van der Waals surface area contributed by atoms with Crippen molar-refractivity contribution in [1.29, 1.82) is 0 Å². The highest BCUT2D eigenvalue weighted by Gasteiger charge is 2.18. The van der Waals surface area contributed by atoms with Gasteiger partial charge in [0.15, 0.2) is 0 Å². The lowest BCUT2D eigenvalue weighted by molar-refractivity contribution is -0.117. The van der Waals surface area contributed by atoms with Gasteiger partial charge in [0.1, 0.15) is 0 Å². The maximum atomic E-state index is 11.7. The highest BCUT2D eigenvalue weighted by molar-refractivity contribution is 6.08. The molecule has 122 valence electrons. The van der Waals surface area contributed by atoms with E-state index in [2.05, 4.69) is 9.88 Å². The van der Waals surface area contributed by atoms with E-state index in [1.807, 2.05) is 18.2 Å². The molecule has 1 fully saturated rings. The lowest BCUT2D eigenvalue weighted by Crippen LogP contribution is -2.35. The number of ether oxygens (including phenoxy) is 1. The molecular formula is C16H20N4O3. The van der Waals surface area contributed by atoms with E-state index < -0.39 is 11.8 Å². The fourth-order valence-electron chi connectivity index (χ4n) is 3.00. The number of rotatable bonds is 5. The molecule has 0 unspecified atom stereocenters. The number of benzene rings is 1. The molecule has 1 saturated heterocycles. The predicted octanol–water partition coefficient (Wildman–Crippen LogP) is 0.127. The van der Waals surface area contributed by atoms with E-state index in [1.54, 1.807) is 0 Å². The van der Waals surface area contributed by atoms with E-state index >= 15 is 0 Å². The van der Waals surface area contributed by atoms with Crippen molar-refractivity contribution in [3.8, 4) is 0 Å². The van der Waals surface area contributed by atoms with Crippen molar-refractivity contribution in [3.63, 3.8) is 0 Å². The van der Waals surface area contributed by atoms with Gasteiger partial charge in [0.25, 0.3) is 5.91 Å². The Balaban J connectivity index is 1.92. The molecule has 1 aliphatic rings. The van der Waals surface area contributed by atoms with Crippen molar-refractivity contribution in [2.24, 2.45) is 11.5 Å². The first-order chi connectivity index (χ1) is 11.0. The number of hydrogen-bond acceptors (Lipinski definition) is 4. The van der Waals surface area contributed by atoms with Crippen molar-refractivity contribution >= 4 is 22.7 Å². The van der Waals surface area contributed by atoms with Crippen molar-refractivity contribution in [3.05, 3.63) is 35.0 Å². The molecule has 2 aromatic rings. The van der Waals surface area contributed by atoms with Crippen molar-refractivity contribution < 1.29 is 14.3 Å². The third kappa shape index (κ3) is 3.35. The summed E-state index contributed by atoms with van der Waals surface area (Å²) in [7, 11) is 0. The van der Waals surface area contributed by atoms with Crippen molar-refractivity contribution in [2.75, 3.05) is 26.3 Å². The molecule has 2 heterocycles. The van der Waals surface area contributed by atoms with Crippen LogP contribution in [-0.4, -0.2) is 48.0 Å². The molecule has 3 rings (SSSR count). The van der Waals surface area contributed by atoms with Gasteiger partial charge in [-0.25, -0.2) is 0 Å². The summed E-state index contributed by atoms with van der Waals surface area (Å²) in [4.78, 5) is 28.3. The molecule has 0 saturated carbocycles. The Bertz CT molecular complexity index is 747. The Labute approximate surface area is 133 Å². The van der Waals surface area contributed by atoms with Crippen LogP contribution in [0.25, 0.3) is 10.9 Å². The minimum atomic E-state index is -0.562. The minimum Gasteiger partial charge on any atom is -0.379 e. The molecule has 1 aliphatic heterocycles. The third-order valence-corrected chi connectivity index (χ3v) is 4.05. The average Bonchev–Trinajstić information content (AvgIpc) is 2.84. The average molecular weight is 316 g/mol. The van der Waals surface area contributed by atoms with Crippen LogP contribution in [0.5, 0.6) is 0 Å². The number of aromatic amines is 1.